The lowest BCUT2D eigenvalue weighted by Crippen LogP contribution is -2.18. The molecule has 0 amide bonds. The fourth-order valence-electron chi connectivity index (χ4n) is 2.57. The van der Waals surface area contributed by atoms with Crippen LogP contribution < -0.4 is 10.6 Å². The monoisotopic (exact) mass is 319 g/mol. The standard InChI is InChI=1S/C15H15F2N5O/c16-9-5-10(17)7-12(6-9)19-15-21-13(8-23)20-14(22-15)18-11-3-1-2-4-11/h5-8,11H,1-4H2,(H2,18,19,20,21,22). The van der Waals surface area contributed by atoms with Gasteiger partial charge in [0, 0.05) is 17.8 Å². The van der Waals surface area contributed by atoms with Crippen molar-refractivity contribution in [1.29, 1.82) is 0 Å². The highest BCUT2D eigenvalue weighted by atomic mass is 19.1. The lowest BCUT2D eigenvalue weighted by Gasteiger charge is -2.13. The van der Waals surface area contributed by atoms with Crippen molar-refractivity contribution in [3.63, 3.8) is 0 Å². The van der Waals surface area contributed by atoms with E-state index >= 15 is 0 Å². The van der Waals surface area contributed by atoms with Crippen LogP contribution >= 0.6 is 0 Å². The Morgan fingerprint density at radius 1 is 1.00 bits per heavy atom. The van der Waals surface area contributed by atoms with Crippen LogP contribution in [0.1, 0.15) is 36.3 Å². The third-order valence-corrected chi connectivity index (χ3v) is 3.57. The molecule has 0 spiro atoms. The lowest BCUT2D eigenvalue weighted by atomic mass is 10.2. The molecule has 1 heterocycles. The summed E-state index contributed by atoms with van der Waals surface area (Å²) in [5.41, 5.74) is 0.150. The van der Waals surface area contributed by atoms with Gasteiger partial charge in [0.15, 0.2) is 12.1 Å². The fraction of sp³-hybridized carbons (Fsp3) is 0.333. The topological polar surface area (TPSA) is 79.8 Å². The van der Waals surface area contributed by atoms with Gasteiger partial charge in [0.25, 0.3) is 0 Å². The first-order chi connectivity index (χ1) is 11.1. The Hall–Kier alpha value is -2.64. The summed E-state index contributed by atoms with van der Waals surface area (Å²) in [7, 11) is 0. The number of carbonyl (C=O) groups excluding carboxylic acids is 1. The number of aromatic nitrogens is 3. The predicted molar refractivity (Wildman–Crippen MR) is 80.7 cm³/mol. The van der Waals surface area contributed by atoms with E-state index in [0.717, 1.165) is 43.9 Å². The highest BCUT2D eigenvalue weighted by Crippen LogP contribution is 2.22. The number of halogens is 2. The zero-order chi connectivity index (χ0) is 16.2. The summed E-state index contributed by atoms with van der Waals surface area (Å²) in [5.74, 6) is -1.18. The molecule has 3 rings (SSSR count). The molecule has 1 saturated carbocycles. The molecule has 23 heavy (non-hydrogen) atoms. The van der Waals surface area contributed by atoms with Gasteiger partial charge in [-0.1, -0.05) is 12.8 Å². The van der Waals surface area contributed by atoms with Crippen LogP contribution in [0, 0.1) is 11.6 Å². The molecule has 1 aromatic heterocycles. The van der Waals surface area contributed by atoms with Crippen LogP contribution in [0.15, 0.2) is 18.2 Å². The van der Waals surface area contributed by atoms with Crippen molar-refractivity contribution in [1.82, 2.24) is 15.0 Å². The number of nitrogens with one attached hydrogen (secondary N) is 2. The fourth-order valence-corrected chi connectivity index (χ4v) is 2.57. The van der Waals surface area contributed by atoms with Gasteiger partial charge in [-0.25, -0.2) is 8.78 Å². The number of aldehydes is 1. The second-order valence-corrected chi connectivity index (χ2v) is 5.37. The first kappa shape index (κ1) is 15.3. The Balaban J connectivity index is 1.83. The highest BCUT2D eigenvalue weighted by molar-refractivity contribution is 5.70. The number of carbonyl (C=O) groups is 1. The van der Waals surface area contributed by atoms with Crippen LogP contribution in [-0.2, 0) is 0 Å². The highest BCUT2D eigenvalue weighted by Gasteiger charge is 2.17. The summed E-state index contributed by atoms with van der Waals surface area (Å²) in [6.07, 6.45) is 4.80. The second kappa shape index (κ2) is 6.64. The van der Waals surface area contributed by atoms with Crippen LogP contribution in [-0.4, -0.2) is 27.3 Å². The van der Waals surface area contributed by atoms with Gasteiger partial charge >= 0.3 is 0 Å². The minimum absolute atomic E-state index is 0.0487. The molecule has 1 aliphatic rings. The molecule has 1 aromatic carbocycles. The Morgan fingerprint density at radius 2 is 1.65 bits per heavy atom. The molecule has 1 fully saturated rings. The molecular weight excluding hydrogens is 304 g/mol. The van der Waals surface area contributed by atoms with E-state index in [4.69, 9.17) is 0 Å². The van der Waals surface area contributed by atoms with Gasteiger partial charge in [-0.15, -0.1) is 0 Å². The number of nitrogens with zero attached hydrogens (tertiary/aromatic N) is 3. The molecule has 1 aliphatic carbocycles. The Morgan fingerprint density at radius 3 is 2.30 bits per heavy atom. The average molecular weight is 319 g/mol. The van der Waals surface area contributed by atoms with Crippen molar-refractivity contribution in [2.24, 2.45) is 0 Å². The normalized spacial score (nSPS) is 14.7. The average Bonchev–Trinajstić information content (AvgIpc) is 2.98. The van der Waals surface area contributed by atoms with E-state index in [1.165, 1.54) is 0 Å². The maximum absolute atomic E-state index is 13.2. The number of anilines is 3. The minimum atomic E-state index is -0.721. The number of benzene rings is 1. The first-order valence-electron chi connectivity index (χ1n) is 7.33. The summed E-state index contributed by atoms with van der Waals surface area (Å²) in [4.78, 5) is 23.0. The molecule has 0 atom stereocenters. The molecule has 8 heteroatoms. The molecule has 0 bridgehead atoms. The van der Waals surface area contributed by atoms with E-state index in [1.54, 1.807) is 0 Å². The summed E-state index contributed by atoms with van der Waals surface area (Å²) >= 11 is 0. The number of hydrogen-bond acceptors (Lipinski definition) is 6. The summed E-state index contributed by atoms with van der Waals surface area (Å²) in [6, 6.07) is 3.24. The Bertz CT molecular complexity index is 699. The molecule has 0 aliphatic heterocycles. The largest absolute Gasteiger partial charge is 0.351 e. The SMILES string of the molecule is O=Cc1nc(Nc2cc(F)cc(F)c2)nc(NC2CCCC2)n1. The molecular formula is C15H15F2N5O. The zero-order valence-electron chi connectivity index (χ0n) is 12.2. The van der Waals surface area contributed by atoms with Crippen LogP contribution in [0.25, 0.3) is 0 Å². The van der Waals surface area contributed by atoms with Gasteiger partial charge in [0.2, 0.25) is 11.9 Å². The zero-order valence-corrected chi connectivity index (χ0v) is 12.2. The summed E-state index contributed by atoms with van der Waals surface area (Å²) in [5, 5.41) is 5.84. The van der Waals surface area contributed by atoms with E-state index in [1.807, 2.05) is 0 Å². The second-order valence-electron chi connectivity index (χ2n) is 5.37. The van der Waals surface area contributed by atoms with Crippen molar-refractivity contribution in [3.8, 4) is 0 Å². The van der Waals surface area contributed by atoms with Crippen molar-refractivity contribution in [3.05, 3.63) is 35.7 Å². The molecule has 6 nitrogen and oxygen atoms in total. The summed E-state index contributed by atoms with van der Waals surface area (Å²) in [6.45, 7) is 0. The molecule has 2 aromatic rings. The lowest BCUT2D eigenvalue weighted by molar-refractivity contribution is 0.111. The van der Waals surface area contributed by atoms with E-state index < -0.39 is 11.6 Å². The molecule has 120 valence electrons. The molecule has 0 radical (unpaired) electrons. The minimum Gasteiger partial charge on any atom is -0.351 e. The molecule has 2 N–H and O–H groups in total. The van der Waals surface area contributed by atoms with Crippen LogP contribution in [0.4, 0.5) is 26.4 Å². The van der Waals surface area contributed by atoms with Gasteiger partial charge < -0.3 is 10.6 Å². The Kier molecular flexibility index (Phi) is 4.40. The Labute approximate surface area is 131 Å². The van der Waals surface area contributed by atoms with Crippen LogP contribution in [0.5, 0.6) is 0 Å². The first-order valence-corrected chi connectivity index (χ1v) is 7.33. The molecule has 0 saturated heterocycles. The third-order valence-electron chi connectivity index (χ3n) is 3.57. The van der Waals surface area contributed by atoms with Gasteiger partial charge in [-0.3, -0.25) is 4.79 Å². The molecule has 0 unspecified atom stereocenters. The van der Waals surface area contributed by atoms with E-state index in [0.29, 0.717) is 6.29 Å². The van der Waals surface area contributed by atoms with E-state index in [9.17, 15) is 13.6 Å². The van der Waals surface area contributed by atoms with Gasteiger partial charge in [0.05, 0.1) is 0 Å². The van der Waals surface area contributed by atoms with Crippen molar-refractivity contribution < 1.29 is 13.6 Å². The van der Waals surface area contributed by atoms with E-state index in [-0.39, 0.29) is 29.5 Å². The van der Waals surface area contributed by atoms with Crippen LogP contribution in [0.3, 0.4) is 0 Å². The quantitative estimate of drug-likeness (QED) is 0.825. The van der Waals surface area contributed by atoms with Gasteiger partial charge in [-0.2, -0.15) is 15.0 Å². The third kappa shape index (κ3) is 3.97. The van der Waals surface area contributed by atoms with Gasteiger partial charge in [-0.05, 0) is 25.0 Å². The maximum atomic E-state index is 13.2. The maximum Gasteiger partial charge on any atom is 0.232 e. The smallest absolute Gasteiger partial charge is 0.232 e. The van der Waals surface area contributed by atoms with E-state index in [2.05, 4.69) is 25.6 Å². The van der Waals surface area contributed by atoms with Crippen molar-refractivity contribution in [2.75, 3.05) is 10.6 Å². The van der Waals surface area contributed by atoms with Gasteiger partial charge in [0.1, 0.15) is 11.6 Å². The van der Waals surface area contributed by atoms with Crippen LogP contribution in [0.2, 0.25) is 0 Å². The van der Waals surface area contributed by atoms with Crippen molar-refractivity contribution in [2.45, 2.75) is 31.7 Å². The number of rotatable bonds is 5. The summed E-state index contributed by atoms with van der Waals surface area (Å²) < 4.78 is 26.4. The predicted octanol–water partition coefficient (Wildman–Crippen LogP) is 3.06. The number of hydrogen-bond donors (Lipinski definition) is 2. The van der Waals surface area contributed by atoms with Crippen molar-refractivity contribution >= 4 is 23.9 Å².